The molecule has 7 nitrogen and oxygen atoms in total. The number of halogens is 4. The van der Waals surface area contributed by atoms with Crippen LogP contribution in [-0.4, -0.2) is 28.5 Å². The van der Waals surface area contributed by atoms with Crippen molar-refractivity contribution in [1.29, 1.82) is 5.26 Å². The molecule has 2 fully saturated rings. The molecule has 1 aliphatic heterocycles. The van der Waals surface area contributed by atoms with Crippen LogP contribution in [0.25, 0.3) is 11.1 Å². The van der Waals surface area contributed by atoms with Crippen LogP contribution in [0.2, 0.25) is 0 Å². The van der Waals surface area contributed by atoms with Gasteiger partial charge < -0.3 is 9.73 Å². The van der Waals surface area contributed by atoms with Gasteiger partial charge in [-0.05, 0) is 66.8 Å². The Balaban J connectivity index is 0.00000336. The molecule has 11 heteroatoms. The fourth-order valence-electron chi connectivity index (χ4n) is 5.33. The Bertz CT molecular complexity index is 1450. The summed E-state index contributed by atoms with van der Waals surface area (Å²) in [6, 6.07) is 10.5. The molecule has 1 atom stereocenters. The number of oxazole rings is 1. The largest absolute Gasteiger partial charge is 0.419 e. The van der Waals surface area contributed by atoms with E-state index in [9.17, 15) is 22.8 Å². The lowest BCUT2D eigenvalue weighted by Gasteiger charge is -2.29. The Hall–Kier alpha value is -3.29. The molecule has 0 spiro atoms. The summed E-state index contributed by atoms with van der Waals surface area (Å²) in [6.45, 7) is 1.79. The molecule has 2 aromatic carbocycles. The lowest BCUT2D eigenvalue weighted by Crippen LogP contribution is -2.43. The molecule has 1 saturated heterocycles. The van der Waals surface area contributed by atoms with E-state index in [0.717, 1.165) is 37.0 Å². The lowest BCUT2D eigenvalue weighted by molar-refractivity contribution is -0.137. The zero-order chi connectivity index (χ0) is 26.4. The van der Waals surface area contributed by atoms with E-state index in [1.165, 1.54) is 10.6 Å². The van der Waals surface area contributed by atoms with E-state index < -0.39 is 22.9 Å². The van der Waals surface area contributed by atoms with Crippen LogP contribution in [0.5, 0.6) is 0 Å². The van der Waals surface area contributed by atoms with Crippen molar-refractivity contribution in [1.82, 2.24) is 14.8 Å². The van der Waals surface area contributed by atoms with Crippen LogP contribution in [0.15, 0.2) is 45.6 Å². The maximum atomic E-state index is 13.5. The molecule has 1 aromatic heterocycles. The molecule has 1 N–H and O–H groups in total. The van der Waals surface area contributed by atoms with E-state index >= 15 is 0 Å². The van der Waals surface area contributed by atoms with Gasteiger partial charge in [0.25, 0.3) is 0 Å². The summed E-state index contributed by atoms with van der Waals surface area (Å²) in [5.74, 6) is -0.0946. The van der Waals surface area contributed by atoms with Crippen molar-refractivity contribution < 1.29 is 22.4 Å². The molecule has 2 aliphatic rings. The number of carbonyl (C=O) groups excluding carboxylic acids is 1. The third-order valence-electron chi connectivity index (χ3n) is 7.46. The number of amides is 1. The van der Waals surface area contributed by atoms with Crippen molar-refractivity contribution in [2.24, 2.45) is 18.4 Å². The SMILES string of the molecule is Cl.Cn1c(=O)oc2ccc(CN3CCC(CC4CC4)(C(=O)NCc4cc(C#N)cc(C(F)(F)F)c4)C3)cc21. The normalized spacial score (nSPS) is 19.8. The molecule has 1 aliphatic carbocycles. The molecule has 2 heterocycles. The first kappa shape index (κ1) is 27.7. The van der Waals surface area contributed by atoms with Gasteiger partial charge in [0.15, 0.2) is 5.58 Å². The molecule has 38 heavy (non-hydrogen) atoms. The number of carbonyl (C=O) groups is 1. The minimum atomic E-state index is -4.57. The van der Waals surface area contributed by atoms with Gasteiger partial charge in [-0.25, -0.2) is 4.79 Å². The highest BCUT2D eigenvalue weighted by atomic mass is 35.5. The van der Waals surface area contributed by atoms with Crippen molar-refractivity contribution in [2.75, 3.05) is 13.1 Å². The van der Waals surface area contributed by atoms with Gasteiger partial charge in [-0.3, -0.25) is 14.3 Å². The summed E-state index contributed by atoms with van der Waals surface area (Å²) >= 11 is 0. The number of nitrogens with zero attached hydrogens (tertiary/aromatic N) is 3. The van der Waals surface area contributed by atoms with E-state index in [-0.39, 0.29) is 36.0 Å². The predicted octanol–water partition coefficient (Wildman–Crippen LogP) is 4.75. The molecule has 202 valence electrons. The van der Waals surface area contributed by atoms with E-state index in [2.05, 4.69) is 10.2 Å². The smallest absolute Gasteiger partial charge is 0.408 e. The number of likely N-dealkylation sites (tertiary alicyclic amines) is 1. The molecule has 1 amide bonds. The van der Waals surface area contributed by atoms with E-state index in [0.29, 0.717) is 43.1 Å². The molecule has 1 saturated carbocycles. The Morgan fingerprint density at radius 3 is 2.66 bits per heavy atom. The summed E-state index contributed by atoms with van der Waals surface area (Å²) in [4.78, 5) is 27.5. The Morgan fingerprint density at radius 2 is 1.97 bits per heavy atom. The van der Waals surface area contributed by atoms with Crippen molar-refractivity contribution in [3.8, 4) is 6.07 Å². The van der Waals surface area contributed by atoms with Crippen molar-refractivity contribution >= 4 is 29.4 Å². The highest BCUT2D eigenvalue weighted by Gasteiger charge is 2.47. The summed E-state index contributed by atoms with van der Waals surface area (Å²) in [5, 5.41) is 12.0. The Labute approximate surface area is 223 Å². The van der Waals surface area contributed by atoms with Gasteiger partial charge in [0, 0.05) is 26.7 Å². The number of aryl methyl sites for hydroxylation is 1. The fraction of sp³-hybridized carbons (Fsp3) is 0.444. The minimum Gasteiger partial charge on any atom is -0.408 e. The minimum absolute atomic E-state index is 0. The van der Waals surface area contributed by atoms with Crippen molar-refractivity contribution in [3.05, 3.63) is 69.2 Å². The number of nitrogens with one attached hydrogen (secondary N) is 1. The number of hydrogen-bond donors (Lipinski definition) is 1. The zero-order valence-electron chi connectivity index (χ0n) is 20.8. The zero-order valence-corrected chi connectivity index (χ0v) is 21.6. The number of benzene rings is 2. The number of aromatic nitrogens is 1. The molecule has 0 bridgehead atoms. The number of alkyl halides is 3. The first-order chi connectivity index (χ1) is 17.6. The molecular formula is C27H28ClF3N4O3. The maximum Gasteiger partial charge on any atom is 0.419 e. The first-order valence-corrected chi connectivity index (χ1v) is 12.3. The van der Waals surface area contributed by atoms with Crippen LogP contribution >= 0.6 is 12.4 Å². The van der Waals surface area contributed by atoms with Crippen molar-refractivity contribution in [2.45, 2.75) is 44.9 Å². The standard InChI is InChI=1S/C27H27F3N4O3.ClH/c1-33-22-11-18(4-5-23(22)37-25(33)36)15-34-7-6-26(16-34,12-17-2-3-17)24(35)32-14-20-8-19(13-31)9-21(10-20)27(28,29)30;/h4-5,8-11,17H,2-3,6-7,12,14-16H2,1H3,(H,32,35);1H. The fourth-order valence-corrected chi connectivity index (χ4v) is 5.33. The van der Waals surface area contributed by atoms with Crippen LogP contribution in [0, 0.1) is 22.7 Å². The van der Waals surface area contributed by atoms with Gasteiger partial charge in [-0.15, -0.1) is 12.4 Å². The average molecular weight is 549 g/mol. The Morgan fingerprint density at radius 1 is 1.21 bits per heavy atom. The molecule has 5 rings (SSSR count). The topological polar surface area (TPSA) is 91.3 Å². The third kappa shape index (κ3) is 5.74. The van der Waals surface area contributed by atoms with Crippen molar-refractivity contribution in [3.63, 3.8) is 0 Å². The number of rotatable bonds is 7. The average Bonchev–Trinajstić information content (AvgIpc) is 3.51. The predicted molar refractivity (Wildman–Crippen MR) is 136 cm³/mol. The summed E-state index contributed by atoms with van der Waals surface area (Å²) in [7, 11) is 1.66. The van der Waals surface area contributed by atoms with Crippen LogP contribution in [0.3, 0.4) is 0 Å². The highest BCUT2D eigenvalue weighted by Crippen LogP contribution is 2.45. The molecule has 0 radical (unpaired) electrons. The highest BCUT2D eigenvalue weighted by molar-refractivity contribution is 5.85. The number of fused-ring (bicyclic) bond motifs is 1. The van der Waals surface area contributed by atoms with Gasteiger partial charge in [-0.2, -0.15) is 18.4 Å². The van der Waals surface area contributed by atoms with E-state index in [4.69, 9.17) is 9.68 Å². The third-order valence-corrected chi connectivity index (χ3v) is 7.46. The van der Waals surface area contributed by atoms with Crippen LogP contribution in [-0.2, 0) is 31.1 Å². The van der Waals surface area contributed by atoms with Gasteiger partial charge >= 0.3 is 11.9 Å². The lowest BCUT2D eigenvalue weighted by atomic mass is 9.80. The van der Waals surface area contributed by atoms with Gasteiger partial charge in [0.2, 0.25) is 5.91 Å². The quantitative estimate of drug-likeness (QED) is 0.460. The second-order valence-corrected chi connectivity index (χ2v) is 10.3. The summed E-state index contributed by atoms with van der Waals surface area (Å²) in [5.41, 5.74) is 0.868. The Kier molecular flexibility index (Phi) is 7.64. The number of hydrogen-bond acceptors (Lipinski definition) is 5. The number of nitriles is 1. The summed E-state index contributed by atoms with van der Waals surface area (Å²) in [6.07, 6.45) is -1.00. The van der Waals surface area contributed by atoms with E-state index in [1.54, 1.807) is 19.2 Å². The maximum absolute atomic E-state index is 13.5. The van der Waals surface area contributed by atoms with Gasteiger partial charge in [0.1, 0.15) is 0 Å². The second kappa shape index (κ2) is 10.5. The molecular weight excluding hydrogens is 521 g/mol. The molecule has 1 unspecified atom stereocenters. The van der Waals surface area contributed by atoms with Crippen LogP contribution in [0.1, 0.15) is 47.9 Å². The molecule has 3 aromatic rings. The monoisotopic (exact) mass is 548 g/mol. The van der Waals surface area contributed by atoms with Gasteiger partial charge in [0.05, 0.1) is 28.1 Å². The van der Waals surface area contributed by atoms with Gasteiger partial charge in [-0.1, -0.05) is 18.9 Å². The summed E-state index contributed by atoms with van der Waals surface area (Å²) < 4.78 is 46.4. The first-order valence-electron chi connectivity index (χ1n) is 12.3. The second-order valence-electron chi connectivity index (χ2n) is 10.3. The van der Waals surface area contributed by atoms with Crippen LogP contribution < -0.4 is 11.1 Å². The van der Waals surface area contributed by atoms with E-state index in [1.807, 2.05) is 12.1 Å². The van der Waals surface area contributed by atoms with Crippen LogP contribution in [0.4, 0.5) is 13.2 Å².